The van der Waals surface area contributed by atoms with Crippen LogP contribution in [0.4, 0.5) is 0 Å². The quantitative estimate of drug-likeness (QED) is 0.885. The highest BCUT2D eigenvalue weighted by molar-refractivity contribution is 5.85. The van der Waals surface area contributed by atoms with E-state index in [1.807, 2.05) is 13.0 Å². The summed E-state index contributed by atoms with van der Waals surface area (Å²) in [5.41, 5.74) is 0. The van der Waals surface area contributed by atoms with Crippen LogP contribution in [-0.2, 0) is 16.1 Å². The molecule has 0 bridgehead atoms. The van der Waals surface area contributed by atoms with E-state index < -0.39 is 11.9 Å². The molecule has 1 aromatic rings. The number of carboxylic acid groups (broad SMARTS) is 1. The van der Waals surface area contributed by atoms with E-state index in [9.17, 15) is 9.59 Å². The van der Waals surface area contributed by atoms with Crippen LogP contribution >= 0.6 is 0 Å². The lowest BCUT2D eigenvalue weighted by molar-refractivity contribution is -0.149. The fraction of sp³-hybridized carbons (Fsp3) is 0.571. The highest BCUT2D eigenvalue weighted by Crippen LogP contribution is 2.33. The lowest BCUT2D eigenvalue weighted by Gasteiger charge is -2.25. The zero-order valence-corrected chi connectivity index (χ0v) is 11.0. The third kappa shape index (κ3) is 2.97. The molecule has 1 fully saturated rings. The van der Waals surface area contributed by atoms with Crippen molar-refractivity contribution in [2.75, 3.05) is 6.54 Å². The smallest absolute Gasteiger partial charge is 0.307 e. The molecule has 5 nitrogen and oxygen atoms in total. The number of amides is 1. The van der Waals surface area contributed by atoms with Crippen molar-refractivity contribution in [1.29, 1.82) is 0 Å². The van der Waals surface area contributed by atoms with Crippen molar-refractivity contribution in [2.24, 2.45) is 11.8 Å². The highest BCUT2D eigenvalue weighted by atomic mass is 16.4. The lowest BCUT2D eigenvalue weighted by atomic mass is 9.94. The van der Waals surface area contributed by atoms with Gasteiger partial charge in [0.15, 0.2) is 0 Å². The van der Waals surface area contributed by atoms with Gasteiger partial charge in [0.1, 0.15) is 5.76 Å². The average Bonchev–Trinajstić information content (AvgIpc) is 3.05. The second-order valence-electron chi connectivity index (χ2n) is 4.91. The predicted molar refractivity (Wildman–Crippen MR) is 68.3 cm³/mol. The lowest BCUT2D eigenvalue weighted by Crippen LogP contribution is -2.38. The Kier molecular flexibility index (Phi) is 4.24. The van der Waals surface area contributed by atoms with Crippen LogP contribution in [0.2, 0.25) is 0 Å². The molecule has 1 heterocycles. The Hall–Kier alpha value is -1.78. The number of furan rings is 1. The van der Waals surface area contributed by atoms with Gasteiger partial charge >= 0.3 is 5.97 Å². The molecule has 0 unspecified atom stereocenters. The van der Waals surface area contributed by atoms with Gasteiger partial charge in [0.05, 0.1) is 24.6 Å². The van der Waals surface area contributed by atoms with Crippen molar-refractivity contribution in [2.45, 2.75) is 32.7 Å². The number of aliphatic carboxylic acids is 1. The monoisotopic (exact) mass is 265 g/mol. The summed E-state index contributed by atoms with van der Waals surface area (Å²) < 4.78 is 5.24. The van der Waals surface area contributed by atoms with Gasteiger partial charge in [-0.1, -0.05) is 6.42 Å². The average molecular weight is 265 g/mol. The minimum atomic E-state index is -0.857. The van der Waals surface area contributed by atoms with E-state index in [-0.39, 0.29) is 11.8 Å². The second kappa shape index (κ2) is 5.91. The van der Waals surface area contributed by atoms with Crippen LogP contribution in [0.5, 0.6) is 0 Å². The molecule has 1 amide bonds. The van der Waals surface area contributed by atoms with Gasteiger partial charge in [-0.3, -0.25) is 9.59 Å². The molecule has 5 heteroatoms. The Morgan fingerprint density at radius 1 is 1.42 bits per heavy atom. The van der Waals surface area contributed by atoms with E-state index in [1.165, 1.54) is 0 Å². The Morgan fingerprint density at radius 3 is 2.74 bits per heavy atom. The van der Waals surface area contributed by atoms with E-state index in [0.717, 1.165) is 12.2 Å². The molecule has 0 spiro atoms. The van der Waals surface area contributed by atoms with Crippen molar-refractivity contribution in [3.05, 3.63) is 24.2 Å². The van der Waals surface area contributed by atoms with E-state index in [0.29, 0.717) is 25.9 Å². The van der Waals surface area contributed by atoms with Crippen molar-refractivity contribution < 1.29 is 19.1 Å². The van der Waals surface area contributed by atoms with Crippen LogP contribution < -0.4 is 0 Å². The molecule has 0 aliphatic heterocycles. The van der Waals surface area contributed by atoms with Gasteiger partial charge in [0.2, 0.25) is 5.91 Å². The molecule has 0 aromatic carbocycles. The van der Waals surface area contributed by atoms with Crippen LogP contribution in [0.15, 0.2) is 22.8 Å². The van der Waals surface area contributed by atoms with E-state index >= 15 is 0 Å². The summed E-state index contributed by atoms with van der Waals surface area (Å²) in [6, 6.07) is 3.60. The third-order valence-electron chi connectivity index (χ3n) is 3.77. The van der Waals surface area contributed by atoms with E-state index in [4.69, 9.17) is 9.52 Å². The molecule has 1 aliphatic rings. The van der Waals surface area contributed by atoms with Crippen LogP contribution in [-0.4, -0.2) is 28.4 Å². The molecule has 1 aliphatic carbocycles. The molecular weight excluding hydrogens is 246 g/mol. The Bertz CT molecular complexity index is 440. The second-order valence-corrected chi connectivity index (χ2v) is 4.91. The van der Waals surface area contributed by atoms with Crippen LogP contribution in [0.3, 0.4) is 0 Å². The van der Waals surface area contributed by atoms with Crippen molar-refractivity contribution in [3.63, 3.8) is 0 Å². The fourth-order valence-electron chi connectivity index (χ4n) is 2.72. The zero-order chi connectivity index (χ0) is 13.8. The number of carbonyl (C=O) groups excluding carboxylic acids is 1. The Balaban J connectivity index is 2.05. The first-order valence-corrected chi connectivity index (χ1v) is 6.67. The predicted octanol–water partition coefficient (Wildman–Crippen LogP) is 2.13. The molecule has 2 atom stereocenters. The molecule has 2 rings (SSSR count). The summed E-state index contributed by atoms with van der Waals surface area (Å²) in [6.07, 6.45) is 3.66. The fourth-order valence-corrected chi connectivity index (χ4v) is 2.72. The van der Waals surface area contributed by atoms with Crippen LogP contribution in [0, 0.1) is 11.8 Å². The van der Waals surface area contributed by atoms with Crippen molar-refractivity contribution in [3.8, 4) is 0 Å². The van der Waals surface area contributed by atoms with E-state index in [1.54, 1.807) is 17.2 Å². The number of hydrogen-bond acceptors (Lipinski definition) is 3. The summed E-state index contributed by atoms with van der Waals surface area (Å²) >= 11 is 0. The standard InChI is InChI=1S/C14H19NO4/c1-2-15(9-10-5-4-8-19-10)13(16)11-6-3-7-12(11)14(17)18/h4-5,8,11-12H,2-3,6-7,9H2,1H3,(H,17,18)/t11-,12+/m1/s1. The molecule has 1 N–H and O–H groups in total. The first kappa shape index (κ1) is 13.6. The van der Waals surface area contributed by atoms with Gasteiger partial charge in [0, 0.05) is 6.54 Å². The van der Waals surface area contributed by atoms with Gasteiger partial charge in [-0.05, 0) is 31.9 Å². The summed E-state index contributed by atoms with van der Waals surface area (Å²) in [4.78, 5) is 25.3. The first-order chi connectivity index (χ1) is 9.13. The Labute approximate surface area is 112 Å². The van der Waals surface area contributed by atoms with Crippen molar-refractivity contribution in [1.82, 2.24) is 4.90 Å². The number of rotatable bonds is 5. The molecular formula is C14H19NO4. The van der Waals surface area contributed by atoms with Gasteiger partial charge in [-0.15, -0.1) is 0 Å². The van der Waals surface area contributed by atoms with Gasteiger partial charge < -0.3 is 14.4 Å². The first-order valence-electron chi connectivity index (χ1n) is 6.67. The number of carbonyl (C=O) groups is 2. The SMILES string of the molecule is CCN(Cc1ccco1)C(=O)[C@@H]1CCC[C@@H]1C(=O)O. The van der Waals surface area contributed by atoms with Gasteiger partial charge in [-0.2, -0.15) is 0 Å². The normalized spacial score (nSPS) is 22.4. The maximum Gasteiger partial charge on any atom is 0.307 e. The maximum absolute atomic E-state index is 12.4. The Morgan fingerprint density at radius 2 is 2.16 bits per heavy atom. The van der Waals surface area contributed by atoms with Gasteiger partial charge in [0.25, 0.3) is 0 Å². The van der Waals surface area contributed by atoms with Crippen LogP contribution in [0.25, 0.3) is 0 Å². The molecule has 104 valence electrons. The third-order valence-corrected chi connectivity index (χ3v) is 3.77. The summed E-state index contributed by atoms with van der Waals surface area (Å²) in [7, 11) is 0. The minimum Gasteiger partial charge on any atom is -0.481 e. The summed E-state index contributed by atoms with van der Waals surface area (Å²) in [5.74, 6) is -1.11. The molecule has 19 heavy (non-hydrogen) atoms. The number of hydrogen-bond donors (Lipinski definition) is 1. The summed E-state index contributed by atoms with van der Waals surface area (Å²) in [5, 5.41) is 9.15. The molecule has 1 saturated carbocycles. The van der Waals surface area contributed by atoms with Gasteiger partial charge in [-0.25, -0.2) is 0 Å². The minimum absolute atomic E-state index is 0.0659. The molecule has 1 aromatic heterocycles. The topological polar surface area (TPSA) is 70.8 Å². The zero-order valence-electron chi connectivity index (χ0n) is 11.0. The maximum atomic E-state index is 12.4. The largest absolute Gasteiger partial charge is 0.481 e. The summed E-state index contributed by atoms with van der Waals surface area (Å²) in [6.45, 7) is 2.86. The number of carboxylic acids is 1. The highest BCUT2D eigenvalue weighted by Gasteiger charge is 2.39. The van der Waals surface area contributed by atoms with E-state index in [2.05, 4.69) is 0 Å². The number of nitrogens with zero attached hydrogens (tertiary/aromatic N) is 1. The molecule has 0 radical (unpaired) electrons. The molecule has 0 saturated heterocycles. The van der Waals surface area contributed by atoms with Crippen LogP contribution in [0.1, 0.15) is 31.9 Å². The van der Waals surface area contributed by atoms with Crippen molar-refractivity contribution >= 4 is 11.9 Å².